The van der Waals surface area contributed by atoms with E-state index >= 15 is 0 Å². The summed E-state index contributed by atoms with van der Waals surface area (Å²) in [5.74, 6) is 0.560. The Bertz CT molecular complexity index is 1310. The van der Waals surface area contributed by atoms with Crippen molar-refractivity contribution < 1.29 is 26.3 Å². The lowest BCUT2D eigenvalue weighted by Crippen LogP contribution is -2.31. The molecule has 178 valence electrons. The molecule has 34 heavy (non-hydrogen) atoms. The molecule has 0 aliphatic rings. The molecule has 0 fully saturated rings. The molecule has 1 aromatic carbocycles. The lowest BCUT2D eigenvalue weighted by atomic mass is 10.2. The summed E-state index contributed by atoms with van der Waals surface area (Å²) in [4.78, 5) is 11.9. The molecule has 2 aromatic heterocycles. The molecule has 2 heterocycles. The molecule has 0 spiro atoms. The van der Waals surface area contributed by atoms with Crippen LogP contribution in [0.2, 0.25) is 0 Å². The Hall–Kier alpha value is -3.96. The summed E-state index contributed by atoms with van der Waals surface area (Å²) in [6.07, 6.45) is -4.24. The highest BCUT2D eigenvalue weighted by Crippen LogP contribution is 2.34. The number of anilines is 4. The van der Waals surface area contributed by atoms with Gasteiger partial charge in [-0.25, -0.2) is 28.1 Å². The fourth-order valence-electron chi connectivity index (χ4n) is 2.55. The molecule has 0 saturated heterocycles. The molecule has 0 radical (unpaired) electrons. The van der Waals surface area contributed by atoms with Crippen LogP contribution in [0.3, 0.4) is 0 Å². The van der Waals surface area contributed by atoms with Gasteiger partial charge in [-0.3, -0.25) is 0 Å². The van der Waals surface area contributed by atoms with E-state index in [9.17, 15) is 21.6 Å². The minimum atomic E-state index is -4.63. The number of hydrogen-bond acceptors (Lipinski definition) is 9. The molecule has 14 heteroatoms. The largest absolute Gasteiger partial charge is 0.479 e. The van der Waals surface area contributed by atoms with Crippen LogP contribution >= 0.6 is 0 Å². The number of nitrogens with one attached hydrogen (secondary N) is 3. The van der Waals surface area contributed by atoms with Crippen molar-refractivity contribution in [3.8, 4) is 11.8 Å². The van der Waals surface area contributed by atoms with Crippen LogP contribution in [0, 0.1) is 11.3 Å². The van der Waals surface area contributed by atoms with Gasteiger partial charge in [0.1, 0.15) is 35.6 Å². The maximum absolute atomic E-state index is 13.0. The van der Waals surface area contributed by atoms with E-state index in [0.29, 0.717) is 11.4 Å². The average molecular weight is 493 g/mol. The minimum absolute atomic E-state index is 0.0615. The quantitative estimate of drug-likeness (QED) is 0.430. The second kappa shape index (κ2) is 9.89. The van der Waals surface area contributed by atoms with Crippen molar-refractivity contribution in [2.75, 3.05) is 17.7 Å². The van der Waals surface area contributed by atoms with Crippen LogP contribution in [0.1, 0.15) is 12.5 Å². The Morgan fingerprint density at radius 3 is 2.32 bits per heavy atom. The van der Waals surface area contributed by atoms with Gasteiger partial charge in [0.15, 0.2) is 6.10 Å². The van der Waals surface area contributed by atoms with E-state index in [1.807, 2.05) is 6.07 Å². The van der Waals surface area contributed by atoms with Crippen molar-refractivity contribution in [2.24, 2.45) is 0 Å². The maximum Gasteiger partial charge on any atom is 0.425 e. The van der Waals surface area contributed by atoms with Gasteiger partial charge in [0.2, 0.25) is 10.0 Å². The highest BCUT2D eigenvalue weighted by molar-refractivity contribution is 7.89. The molecule has 0 aliphatic carbocycles. The molecule has 3 rings (SSSR count). The van der Waals surface area contributed by atoms with Crippen LogP contribution in [-0.2, 0) is 10.0 Å². The number of aromatic nitrogens is 3. The molecule has 3 aromatic rings. The Balaban J connectivity index is 1.92. The van der Waals surface area contributed by atoms with Gasteiger partial charge in [-0.1, -0.05) is 0 Å². The SMILES string of the molecule is CNS(=O)(=O)c1ccc(OC(C)C(F)(F)F)c(Nc2cc(Nc3ccc(C#N)cn3)ncn2)c1. The summed E-state index contributed by atoms with van der Waals surface area (Å²) in [5.41, 5.74) is 0.307. The zero-order valence-electron chi connectivity index (χ0n) is 17.8. The fourth-order valence-corrected chi connectivity index (χ4v) is 3.30. The van der Waals surface area contributed by atoms with Gasteiger partial charge in [-0.05, 0) is 44.3 Å². The molecule has 0 saturated carbocycles. The predicted molar refractivity (Wildman–Crippen MR) is 116 cm³/mol. The third-order valence-electron chi connectivity index (χ3n) is 4.37. The summed E-state index contributed by atoms with van der Waals surface area (Å²) >= 11 is 0. The Morgan fingerprint density at radius 2 is 1.74 bits per heavy atom. The van der Waals surface area contributed by atoms with E-state index in [4.69, 9.17) is 10.00 Å². The van der Waals surface area contributed by atoms with Crippen molar-refractivity contribution in [3.05, 3.63) is 54.5 Å². The lowest BCUT2D eigenvalue weighted by Gasteiger charge is -2.20. The van der Waals surface area contributed by atoms with Crippen LogP contribution in [0.25, 0.3) is 0 Å². The number of pyridine rings is 1. The third-order valence-corrected chi connectivity index (χ3v) is 5.79. The number of benzene rings is 1. The Morgan fingerprint density at radius 1 is 1.03 bits per heavy atom. The van der Waals surface area contributed by atoms with E-state index in [1.54, 1.807) is 12.1 Å². The first kappa shape index (κ1) is 24.7. The first-order valence-electron chi connectivity index (χ1n) is 9.55. The predicted octanol–water partition coefficient (Wildman–Crippen LogP) is 3.47. The van der Waals surface area contributed by atoms with E-state index in [0.717, 1.165) is 25.1 Å². The molecule has 0 aliphatic heterocycles. The monoisotopic (exact) mass is 493 g/mol. The highest BCUT2D eigenvalue weighted by Gasteiger charge is 2.38. The van der Waals surface area contributed by atoms with Crippen LogP contribution in [-0.4, -0.2) is 42.7 Å². The van der Waals surface area contributed by atoms with Crippen LogP contribution < -0.4 is 20.1 Å². The number of ether oxygens (including phenoxy) is 1. The summed E-state index contributed by atoms with van der Waals surface area (Å²) in [7, 11) is -2.68. The van der Waals surface area contributed by atoms with Gasteiger partial charge >= 0.3 is 6.18 Å². The Kier molecular flexibility index (Phi) is 7.18. The van der Waals surface area contributed by atoms with Crippen LogP contribution in [0.15, 0.2) is 53.8 Å². The van der Waals surface area contributed by atoms with E-state index in [2.05, 4.69) is 30.3 Å². The smallest absolute Gasteiger partial charge is 0.425 e. The standard InChI is InChI=1S/C20H18F3N7O3S/c1-12(20(21,22)23)33-16-5-4-14(34(31,32)25-2)7-15(16)29-18-8-19(28-11-27-18)30-17-6-3-13(9-24)10-26-17/h3-8,10-12,25H,1-2H3,(H2,26,27,28,29,30). The highest BCUT2D eigenvalue weighted by atomic mass is 32.2. The molecule has 1 unspecified atom stereocenters. The second-order valence-electron chi connectivity index (χ2n) is 6.75. The van der Waals surface area contributed by atoms with Crippen LogP contribution in [0.5, 0.6) is 5.75 Å². The van der Waals surface area contributed by atoms with Gasteiger partial charge in [0, 0.05) is 12.3 Å². The van der Waals surface area contributed by atoms with Crippen molar-refractivity contribution in [2.45, 2.75) is 24.1 Å². The summed E-state index contributed by atoms with van der Waals surface area (Å²) in [5, 5.41) is 14.5. The summed E-state index contributed by atoms with van der Waals surface area (Å²) < 4.78 is 70.6. The summed E-state index contributed by atoms with van der Waals surface area (Å²) in [6.45, 7) is 0.833. The number of sulfonamides is 1. The third kappa shape index (κ3) is 6.09. The molecule has 0 amide bonds. The average Bonchev–Trinajstić information content (AvgIpc) is 2.80. The molecule has 0 bridgehead atoms. The normalized spacial score (nSPS) is 12.5. The Labute approximate surface area is 192 Å². The zero-order valence-corrected chi connectivity index (χ0v) is 18.6. The van der Waals surface area contributed by atoms with Gasteiger partial charge in [-0.2, -0.15) is 18.4 Å². The van der Waals surface area contributed by atoms with Crippen molar-refractivity contribution in [3.63, 3.8) is 0 Å². The molecule has 1 atom stereocenters. The van der Waals surface area contributed by atoms with Gasteiger partial charge in [0.05, 0.1) is 16.1 Å². The van der Waals surface area contributed by atoms with Gasteiger partial charge < -0.3 is 15.4 Å². The number of hydrogen-bond donors (Lipinski definition) is 3. The fraction of sp³-hybridized carbons (Fsp3) is 0.200. The lowest BCUT2D eigenvalue weighted by molar-refractivity contribution is -0.189. The summed E-state index contributed by atoms with van der Waals surface area (Å²) in [6, 6.07) is 9.85. The first-order valence-corrected chi connectivity index (χ1v) is 11.0. The van der Waals surface area contributed by atoms with Crippen molar-refractivity contribution >= 4 is 33.2 Å². The number of rotatable bonds is 8. The maximum atomic E-state index is 13.0. The molecule has 10 nitrogen and oxygen atoms in total. The van der Waals surface area contributed by atoms with E-state index in [1.165, 1.54) is 25.6 Å². The zero-order chi connectivity index (χ0) is 24.9. The van der Waals surface area contributed by atoms with Gasteiger partial charge in [-0.15, -0.1) is 0 Å². The number of nitriles is 1. The number of halogens is 3. The molecule has 3 N–H and O–H groups in total. The van der Waals surface area contributed by atoms with Crippen LogP contribution in [0.4, 0.5) is 36.3 Å². The topological polar surface area (TPSA) is 142 Å². The minimum Gasteiger partial charge on any atom is -0.479 e. The van der Waals surface area contributed by atoms with Crippen molar-refractivity contribution in [1.29, 1.82) is 5.26 Å². The first-order chi connectivity index (χ1) is 16.0. The molecular formula is C20H18F3N7O3S. The van der Waals surface area contributed by atoms with E-state index in [-0.39, 0.29) is 28.0 Å². The van der Waals surface area contributed by atoms with Crippen molar-refractivity contribution in [1.82, 2.24) is 19.7 Å². The van der Waals surface area contributed by atoms with Gasteiger partial charge in [0.25, 0.3) is 0 Å². The van der Waals surface area contributed by atoms with E-state index < -0.39 is 22.3 Å². The second-order valence-corrected chi connectivity index (χ2v) is 8.64. The molecular weight excluding hydrogens is 475 g/mol. The number of nitrogens with zero attached hydrogens (tertiary/aromatic N) is 4. The number of alkyl halides is 3.